The van der Waals surface area contributed by atoms with Crippen molar-refractivity contribution in [1.29, 1.82) is 0 Å². The number of likely N-dealkylation sites (tertiary alicyclic amines) is 1. The summed E-state index contributed by atoms with van der Waals surface area (Å²) in [6, 6.07) is 22.9. The molecule has 3 N–H and O–H groups in total. The maximum absolute atomic E-state index is 12.6. The average Bonchev–Trinajstić information content (AvgIpc) is 3.33. The summed E-state index contributed by atoms with van der Waals surface area (Å²) in [5.41, 5.74) is 13.3. The van der Waals surface area contributed by atoms with E-state index in [0.29, 0.717) is 17.8 Å². The number of nitrogen functional groups attached to an aromatic ring is 1. The van der Waals surface area contributed by atoms with Gasteiger partial charge in [0.05, 0.1) is 5.56 Å². The molecule has 1 amide bonds. The molecule has 1 aliphatic rings. The number of aryl methyl sites for hydroxylation is 1. The van der Waals surface area contributed by atoms with Gasteiger partial charge in [-0.2, -0.15) is 0 Å². The third-order valence-corrected chi connectivity index (χ3v) is 6.32. The first-order valence-corrected chi connectivity index (χ1v) is 11.7. The summed E-state index contributed by atoms with van der Waals surface area (Å²) in [5, 5.41) is 3.01. The number of nitrogens with zero attached hydrogens (tertiary/aromatic N) is 1. The van der Waals surface area contributed by atoms with E-state index in [4.69, 9.17) is 5.73 Å². The van der Waals surface area contributed by atoms with Crippen molar-refractivity contribution in [2.24, 2.45) is 0 Å². The normalized spacial score (nSPS) is 13.9. The number of carbonyl (C=O) groups is 1. The second-order valence-electron chi connectivity index (χ2n) is 8.66. The highest BCUT2D eigenvalue weighted by atomic mass is 16.1. The van der Waals surface area contributed by atoms with Crippen molar-refractivity contribution < 1.29 is 4.79 Å². The van der Waals surface area contributed by atoms with Crippen molar-refractivity contribution in [3.63, 3.8) is 0 Å². The van der Waals surface area contributed by atoms with E-state index >= 15 is 0 Å². The van der Waals surface area contributed by atoms with E-state index in [2.05, 4.69) is 65.7 Å². The van der Waals surface area contributed by atoms with Gasteiger partial charge in [-0.1, -0.05) is 61.5 Å². The van der Waals surface area contributed by atoms with Crippen molar-refractivity contribution in [1.82, 2.24) is 10.2 Å². The van der Waals surface area contributed by atoms with Gasteiger partial charge < -0.3 is 11.1 Å². The first kappa shape index (κ1) is 22.1. The Hall–Kier alpha value is -3.11. The summed E-state index contributed by atoms with van der Waals surface area (Å²) in [6.45, 7) is 6.19. The number of nitrogens with one attached hydrogen (secondary N) is 1. The molecular weight excluding hydrogens is 394 g/mol. The summed E-state index contributed by atoms with van der Waals surface area (Å²) in [7, 11) is 0. The van der Waals surface area contributed by atoms with Crippen molar-refractivity contribution in [2.75, 3.05) is 25.4 Å². The van der Waals surface area contributed by atoms with Crippen LogP contribution in [0.5, 0.6) is 0 Å². The molecule has 0 saturated carbocycles. The molecule has 1 aliphatic heterocycles. The second-order valence-corrected chi connectivity index (χ2v) is 8.66. The Morgan fingerprint density at radius 3 is 2.16 bits per heavy atom. The van der Waals surface area contributed by atoms with Gasteiger partial charge in [0, 0.05) is 18.8 Å². The molecule has 4 heteroatoms. The Bertz CT molecular complexity index is 1040. The molecule has 3 aromatic rings. The molecule has 32 heavy (non-hydrogen) atoms. The lowest BCUT2D eigenvalue weighted by molar-refractivity contribution is 0.0955. The molecule has 166 valence electrons. The van der Waals surface area contributed by atoms with Gasteiger partial charge >= 0.3 is 0 Å². The van der Waals surface area contributed by atoms with Crippen LogP contribution in [0.15, 0.2) is 66.7 Å². The van der Waals surface area contributed by atoms with Crippen LogP contribution >= 0.6 is 0 Å². The minimum Gasteiger partial charge on any atom is -0.398 e. The molecule has 4 rings (SSSR count). The molecule has 0 unspecified atom stereocenters. The van der Waals surface area contributed by atoms with Gasteiger partial charge in [0.25, 0.3) is 5.91 Å². The van der Waals surface area contributed by atoms with Crippen LogP contribution in [0.2, 0.25) is 0 Å². The molecule has 0 bridgehead atoms. The lowest BCUT2D eigenvalue weighted by Gasteiger charge is -2.14. The van der Waals surface area contributed by atoms with E-state index in [1.165, 1.54) is 42.6 Å². The zero-order valence-corrected chi connectivity index (χ0v) is 18.9. The third-order valence-electron chi connectivity index (χ3n) is 6.32. The van der Waals surface area contributed by atoms with Gasteiger partial charge in [-0.25, -0.2) is 0 Å². The fraction of sp³-hybridized carbons (Fsp3) is 0.321. The Morgan fingerprint density at radius 2 is 1.50 bits per heavy atom. The minimum atomic E-state index is -0.124. The van der Waals surface area contributed by atoms with Crippen LogP contribution in [0.3, 0.4) is 0 Å². The molecule has 1 fully saturated rings. The highest BCUT2D eigenvalue weighted by molar-refractivity contribution is 6.00. The maximum Gasteiger partial charge on any atom is 0.253 e. The van der Waals surface area contributed by atoms with Crippen molar-refractivity contribution in [2.45, 2.75) is 39.2 Å². The van der Waals surface area contributed by atoms with Crippen LogP contribution in [0.25, 0.3) is 11.1 Å². The predicted molar refractivity (Wildman–Crippen MR) is 133 cm³/mol. The fourth-order valence-electron chi connectivity index (χ4n) is 4.31. The summed E-state index contributed by atoms with van der Waals surface area (Å²) in [6.07, 6.45) is 4.45. The van der Waals surface area contributed by atoms with Crippen molar-refractivity contribution >= 4 is 11.6 Å². The Labute approximate surface area is 191 Å². The number of amides is 1. The highest BCUT2D eigenvalue weighted by Crippen LogP contribution is 2.24. The van der Waals surface area contributed by atoms with E-state index in [-0.39, 0.29) is 5.91 Å². The second kappa shape index (κ2) is 10.5. The van der Waals surface area contributed by atoms with E-state index in [9.17, 15) is 4.79 Å². The van der Waals surface area contributed by atoms with Gasteiger partial charge in [0.2, 0.25) is 0 Å². The topological polar surface area (TPSA) is 58.4 Å². The lowest BCUT2D eigenvalue weighted by Crippen LogP contribution is -2.26. The van der Waals surface area contributed by atoms with Gasteiger partial charge in [0.15, 0.2) is 0 Å². The number of rotatable bonds is 8. The van der Waals surface area contributed by atoms with E-state index < -0.39 is 0 Å². The molecular formula is C28H33N3O. The number of carbonyl (C=O) groups excluding carboxylic acids is 1. The Kier molecular flexibility index (Phi) is 7.23. The molecule has 0 aromatic heterocycles. The quantitative estimate of drug-likeness (QED) is 0.494. The maximum atomic E-state index is 12.6. The minimum absolute atomic E-state index is 0.124. The summed E-state index contributed by atoms with van der Waals surface area (Å²) < 4.78 is 0. The number of hydrogen-bond donors (Lipinski definition) is 2. The molecule has 4 nitrogen and oxygen atoms in total. The first-order chi connectivity index (χ1) is 15.6. The molecule has 1 heterocycles. The first-order valence-electron chi connectivity index (χ1n) is 11.7. The number of anilines is 1. The van der Waals surface area contributed by atoms with Crippen molar-refractivity contribution in [3.05, 3.63) is 89.0 Å². The number of hydrogen-bond acceptors (Lipinski definition) is 3. The standard InChI is InChI=1S/C28H33N3O/c1-2-21-9-11-24(12-10-21)25-13-14-26(27(29)19-25)28(32)30-16-15-22-5-7-23(8-6-22)20-31-17-3-4-18-31/h5-14,19H,2-4,15-18,20,29H2,1H3,(H,30,32). The van der Waals surface area contributed by atoms with Crippen LogP contribution < -0.4 is 11.1 Å². The smallest absolute Gasteiger partial charge is 0.253 e. The SMILES string of the molecule is CCc1ccc(-c2ccc(C(=O)NCCc3ccc(CN4CCCC4)cc3)c(N)c2)cc1. The van der Waals surface area contributed by atoms with Gasteiger partial charge in [-0.05, 0) is 78.7 Å². The average molecular weight is 428 g/mol. The van der Waals surface area contributed by atoms with Gasteiger partial charge in [0.1, 0.15) is 0 Å². The lowest BCUT2D eigenvalue weighted by atomic mass is 10.0. The predicted octanol–water partition coefficient (Wildman–Crippen LogP) is 5.07. The van der Waals surface area contributed by atoms with Crippen LogP contribution in [0.4, 0.5) is 5.69 Å². The summed E-state index contributed by atoms with van der Waals surface area (Å²) in [4.78, 5) is 15.1. The van der Waals surface area contributed by atoms with Gasteiger partial charge in [-0.3, -0.25) is 9.69 Å². The van der Waals surface area contributed by atoms with Crippen LogP contribution in [0, 0.1) is 0 Å². The van der Waals surface area contributed by atoms with Gasteiger partial charge in [-0.15, -0.1) is 0 Å². The monoisotopic (exact) mass is 427 g/mol. The van der Waals surface area contributed by atoms with Crippen LogP contribution in [-0.2, 0) is 19.4 Å². The largest absolute Gasteiger partial charge is 0.398 e. The van der Waals surface area contributed by atoms with E-state index in [0.717, 1.165) is 30.5 Å². The van der Waals surface area contributed by atoms with Crippen LogP contribution in [-0.4, -0.2) is 30.4 Å². The Morgan fingerprint density at radius 1 is 0.875 bits per heavy atom. The Balaban J connectivity index is 1.29. The fourth-order valence-corrected chi connectivity index (χ4v) is 4.31. The zero-order valence-electron chi connectivity index (χ0n) is 18.9. The van der Waals surface area contributed by atoms with Crippen molar-refractivity contribution in [3.8, 4) is 11.1 Å². The molecule has 1 saturated heterocycles. The van der Waals surface area contributed by atoms with Crippen LogP contribution in [0.1, 0.15) is 46.8 Å². The highest BCUT2D eigenvalue weighted by Gasteiger charge is 2.12. The number of nitrogens with two attached hydrogens (primary N) is 1. The van der Waals surface area contributed by atoms with E-state index in [1.54, 1.807) is 0 Å². The summed E-state index contributed by atoms with van der Waals surface area (Å²) >= 11 is 0. The zero-order chi connectivity index (χ0) is 22.3. The molecule has 3 aromatic carbocycles. The van der Waals surface area contributed by atoms with E-state index in [1.807, 2.05) is 18.2 Å². The molecule has 0 aliphatic carbocycles. The number of benzene rings is 3. The molecule has 0 atom stereocenters. The third kappa shape index (κ3) is 5.57. The molecule has 0 radical (unpaired) electrons. The molecule has 0 spiro atoms. The summed E-state index contributed by atoms with van der Waals surface area (Å²) in [5.74, 6) is -0.124.